The van der Waals surface area contributed by atoms with Gasteiger partial charge >= 0.3 is 6.03 Å². The third-order valence-corrected chi connectivity index (χ3v) is 2.32. The predicted molar refractivity (Wildman–Crippen MR) is 65.1 cm³/mol. The number of hydrogen-bond donors (Lipinski definition) is 2. The summed E-state index contributed by atoms with van der Waals surface area (Å²) in [5.74, 6) is -0.707. The predicted octanol–water partition coefficient (Wildman–Crippen LogP) is 0.843. The lowest BCUT2D eigenvalue weighted by molar-refractivity contribution is -0.120. The van der Waals surface area contributed by atoms with E-state index in [1.807, 2.05) is 23.3 Å². The van der Waals surface area contributed by atoms with Crippen molar-refractivity contribution in [3.63, 3.8) is 0 Å². The van der Waals surface area contributed by atoms with E-state index in [2.05, 4.69) is 0 Å². The van der Waals surface area contributed by atoms with Gasteiger partial charge in [-0.1, -0.05) is 12.1 Å². The molecular weight excluding hydrogens is 237 g/mol. The minimum atomic E-state index is -0.854. The third kappa shape index (κ3) is 5.40. The number of hydrogen-bond acceptors (Lipinski definition) is 3. The van der Waals surface area contributed by atoms with E-state index >= 15 is 0 Å². The quantitative estimate of drug-likeness (QED) is 0.816. The molecule has 18 heavy (non-hydrogen) atoms. The maximum atomic E-state index is 12.9. The molecule has 0 fully saturated rings. The van der Waals surface area contributed by atoms with Crippen LogP contribution in [0.3, 0.4) is 0 Å². The second-order valence-corrected chi connectivity index (χ2v) is 4.03. The molecule has 0 radical (unpaired) electrons. The van der Waals surface area contributed by atoms with Crippen LogP contribution in [0.25, 0.3) is 0 Å². The molecule has 0 spiro atoms. The fourth-order valence-corrected chi connectivity index (χ4v) is 1.52. The number of primary amides is 1. The first-order chi connectivity index (χ1) is 8.47. The Labute approximate surface area is 105 Å². The molecule has 1 aromatic carbocycles. The molecule has 0 unspecified atom stereocenters. The molecule has 1 aromatic rings. The number of halogens is 1. The minimum Gasteiger partial charge on any atom is -0.351 e. The van der Waals surface area contributed by atoms with Crippen LogP contribution in [-0.2, 0) is 11.3 Å². The largest absolute Gasteiger partial charge is 0.351 e. The second kappa shape index (κ2) is 6.70. The summed E-state index contributed by atoms with van der Waals surface area (Å²) in [4.78, 5) is 23.4. The molecule has 0 aliphatic rings. The Morgan fingerprint density at radius 3 is 2.78 bits per heavy atom. The van der Waals surface area contributed by atoms with Gasteiger partial charge in [0.25, 0.3) is 0 Å². The summed E-state index contributed by atoms with van der Waals surface area (Å²) in [6.07, 6.45) is 0.161. The highest BCUT2D eigenvalue weighted by atomic mass is 19.1. The van der Waals surface area contributed by atoms with Gasteiger partial charge in [-0.05, 0) is 24.7 Å². The van der Waals surface area contributed by atoms with Crippen LogP contribution in [0.1, 0.15) is 12.0 Å². The Bertz CT molecular complexity index is 437. The molecule has 0 saturated heterocycles. The van der Waals surface area contributed by atoms with Crippen LogP contribution in [0.4, 0.5) is 9.18 Å². The molecule has 0 atom stereocenters. The van der Waals surface area contributed by atoms with Crippen LogP contribution in [0.2, 0.25) is 0 Å². The van der Waals surface area contributed by atoms with Gasteiger partial charge in [-0.3, -0.25) is 10.1 Å². The lowest BCUT2D eigenvalue weighted by Gasteiger charge is -2.16. The normalized spacial score (nSPS) is 10.4. The molecule has 3 N–H and O–H groups in total. The molecule has 6 heteroatoms. The molecule has 0 saturated carbocycles. The number of nitrogens with two attached hydrogens (primary N) is 1. The molecule has 5 nitrogen and oxygen atoms in total. The zero-order valence-corrected chi connectivity index (χ0v) is 10.1. The van der Waals surface area contributed by atoms with Gasteiger partial charge in [-0.25, -0.2) is 9.18 Å². The first kappa shape index (κ1) is 14.1. The molecule has 1 rings (SSSR count). The standard InChI is InChI=1S/C12H16FN3O2/c1-16(6-5-11(17)15-12(14)18)8-9-3-2-4-10(13)7-9/h2-4,7H,5-6,8H2,1H3,(H3,14,15,17,18). The van der Waals surface area contributed by atoms with Gasteiger partial charge in [-0.15, -0.1) is 0 Å². The smallest absolute Gasteiger partial charge is 0.318 e. The molecule has 0 aliphatic heterocycles. The highest BCUT2D eigenvalue weighted by Gasteiger charge is 2.07. The van der Waals surface area contributed by atoms with Crippen molar-refractivity contribution in [1.82, 2.24) is 10.2 Å². The van der Waals surface area contributed by atoms with Crippen LogP contribution in [0.15, 0.2) is 24.3 Å². The number of amides is 3. The van der Waals surface area contributed by atoms with Crippen molar-refractivity contribution in [2.24, 2.45) is 5.73 Å². The number of imide groups is 1. The molecule has 0 heterocycles. The second-order valence-electron chi connectivity index (χ2n) is 4.03. The van der Waals surface area contributed by atoms with Crippen LogP contribution >= 0.6 is 0 Å². The Balaban J connectivity index is 2.35. The van der Waals surface area contributed by atoms with E-state index in [1.54, 1.807) is 6.07 Å². The van der Waals surface area contributed by atoms with E-state index in [4.69, 9.17) is 5.73 Å². The van der Waals surface area contributed by atoms with Crippen LogP contribution in [0, 0.1) is 5.82 Å². The maximum Gasteiger partial charge on any atom is 0.318 e. The van der Waals surface area contributed by atoms with Crippen LogP contribution < -0.4 is 11.1 Å². The summed E-state index contributed by atoms with van der Waals surface area (Å²) in [7, 11) is 1.81. The van der Waals surface area contributed by atoms with Gasteiger partial charge in [0, 0.05) is 19.5 Å². The number of benzene rings is 1. The summed E-state index contributed by atoms with van der Waals surface area (Å²) in [5, 5.41) is 1.98. The first-order valence-corrected chi connectivity index (χ1v) is 5.49. The van der Waals surface area contributed by atoms with E-state index in [9.17, 15) is 14.0 Å². The lowest BCUT2D eigenvalue weighted by atomic mass is 10.2. The van der Waals surface area contributed by atoms with Gasteiger partial charge in [0.1, 0.15) is 5.82 Å². The lowest BCUT2D eigenvalue weighted by Crippen LogP contribution is -2.36. The van der Waals surface area contributed by atoms with Crippen molar-refractivity contribution >= 4 is 11.9 Å². The topological polar surface area (TPSA) is 75.4 Å². The van der Waals surface area contributed by atoms with E-state index in [-0.39, 0.29) is 12.2 Å². The monoisotopic (exact) mass is 253 g/mol. The highest BCUT2D eigenvalue weighted by molar-refractivity contribution is 5.93. The summed E-state index contributed by atoms with van der Waals surface area (Å²) in [5.41, 5.74) is 5.64. The number of nitrogens with one attached hydrogen (secondary N) is 1. The van der Waals surface area contributed by atoms with Gasteiger partial charge in [-0.2, -0.15) is 0 Å². The Morgan fingerprint density at radius 1 is 1.44 bits per heavy atom. The average Bonchev–Trinajstić information content (AvgIpc) is 2.25. The molecular formula is C12H16FN3O2. The molecule has 0 aromatic heterocycles. The number of urea groups is 1. The SMILES string of the molecule is CN(CCC(=O)NC(N)=O)Cc1cccc(F)c1. The third-order valence-electron chi connectivity index (χ3n) is 2.32. The number of carbonyl (C=O) groups is 2. The van der Waals surface area contributed by atoms with Crippen molar-refractivity contribution in [1.29, 1.82) is 0 Å². The fourth-order valence-electron chi connectivity index (χ4n) is 1.52. The van der Waals surface area contributed by atoms with E-state index in [1.165, 1.54) is 12.1 Å². The van der Waals surface area contributed by atoms with Crippen molar-refractivity contribution in [2.45, 2.75) is 13.0 Å². The number of rotatable bonds is 5. The zero-order chi connectivity index (χ0) is 13.5. The van der Waals surface area contributed by atoms with Gasteiger partial charge < -0.3 is 10.6 Å². The Hall–Kier alpha value is -1.95. The molecule has 3 amide bonds. The van der Waals surface area contributed by atoms with Crippen molar-refractivity contribution in [3.8, 4) is 0 Å². The van der Waals surface area contributed by atoms with Crippen LogP contribution in [-0.4, -0.2) is 30.4 Å². The minimum absolute atomic E-state index is 0.161. The Morgan fingerprint density at radius 2 is 2.17 bits per heavy atom. The van der Waals surface area contributed by atoms with Gasteiger partial charge in [0.2, 0.25) is 5.91 Å². The number of carbonyl (C=O) groups excluding carboxylic acids is 2. The summed E-state index contributed by atoms with van der Waals surface area (Å²) >= 11 is 0. The van der Waals surface area contributed by atoms with E-state index in [0.29, 0.717) is 13.1 Å². The zero-order valence-electron chi connectivity index (χ0n) is 10.1. The molecule has 98 valence electrons. The van der Waals surface area contributed by atoms with E-state index < -0.39 is 11.9 Å². The molecule has 0 aliphatic carbocycles. The van der Waals surface area contributed by atoms with Crippen molar-refractivity contribution < 1.29 is 14.0 Å². The highest BCUT2D eigenvalue weighted by Crippen LogP contribution is 2.06. The fraction of sp³-hybridized carbons (Fsp3) is 0.333. The van der Waals surface area contributed by atoms with Crippen LogP contribution in [0.5, 0.6) is 0 Å². The van der Waals surface area contributed by atoms with Gasteiger partial charge in [0.05, 0.1) is 0 Å². The molecule has 0 bridgehead atoms. The average molecular weight is 253 g/mol. The first-order valence-electron chi connectivity index (χ1n) is 5.49. The van der Waals surface area contributed by atoms with E-state index in [0.717, 1.165) is 5.56 Å². The maximum absolute atomic E-state index is 12.9. The summed E-state index contributed by atoms with van der Waals surface area (Å²) in [6.45, 7) is 0.983. The summed E-state index contributed by atoms with van der Waals surface area (Å²) < 4.78 is 12.9. The Kier molecular flexibility index (Phi) is 5.26. The van der Waals surface area contributed by atoms with Crippen molar-refractivity contribution in [2.75, 3.05) is 13.6 Å². The number of nitrogens with zero attached hydrogens (tertiary/aromatic N) is 1. The van der Waals surface area contributed by atoms with Gasteiger partial charge in [0.15, 0.2) is 0 Å². The summed E-state index contributed by atoms with van der Waals surface area (Å²) in [6, 6.07) is 5.42. The van der Waals surface area contributed by atoms with Crippen molar-refractivity contribution in [3.05, 3.63) is 35.6 Å².